The van der Waals surface area contributed by atoms with Gasteiger partial charge in [-0.1, -0.05) is 19.3 Å². The van der Waals surface area contributed by atoms with Crippen molar-refractivity contribution >= 4 is 0 Å². The van der Waals surface area contributed by atoms with Crippen LogP contribution in [0.15, 0.2) is 0 Å². The summed E-state index contributed by atoms with van der Waals surface area (Å²) in [6, 6.07) is 2.16. The van der Waals surface area contributed by atoms with Gasteiger partial charge in [0.05, 0.1) is 6.07 Å². The van der Waals surface area contributed by atoms with Gasteiger partial charge in [0, 0.05) is 6.54 Å². The zero-order chi connectivity index (χ0) is 11.1. The minimum absolute atomic E-state index is 0.650. The molecule has 0 aliphatic carbocycles. The molecule has 1 aliphatic rings. The van der Waals surface area contributed by atoms with Crippen LogP contribution in [0.4, 0.5) is 0 Å². The summed E-state index contributed by atoms with van der Waals surface area (Å²) in [5.74, 6) is 0. The van der Waals surface area contributed by atoms with Gasteiger partial charge >= 0.3 is 0 Å². The minimum Gasteiger partial charge on any atom is -0.314 e. The molecule has 0 bridgehead atoms. The third kappa shape index (κ3) is 5.15. The fraction of sp³-hybridized carbons (Fsp3) is 0.917. The first-order valence-electron chi connectivity index (χ1n) is 6.06. The van der Waals surface area contributed by atoms with Crippen LogP contribution in [-0.2, 0) is 0 Å². The van der Waals surface area contributed by atoms with Gasteiger partial charge in [0.15, 0.2) is 0 Å². The van der Waals surface area contributed by atoms with Crippen LogP contribution < -0.4 is 5.73 Å². The Hall–Kier alpha value is -0.590. The highest BCUT2D eigenvalue weighted by atomic mass is 15.1. The smallest absolute Gasteiger partial charge is 0.102 e. The second-order valence-electron chi connectivity index (χ2n) is 4.89. The highest BCUT2D eigenvalue weighted by molar-refractivity contribution is 5.01. The van der Waals surface area contributed by atoms with Gasteiger partial charge in [0.25, 0.3) is 0 Å². The van der Waals surface area contributed by atoms with Gasteiger partial charge in [-0.05, 0) is 39.3 Å². The van der Waals surface area contributed by atoms with E-state index in [1.807, 2.05) is 6.92 Å². The average molecular weight is 209 g/mol. The third-order valence-corrected chi connectivity index (χ3v) is 3.15. The molecule has 3 heteroatoms. The fourth-order valence-corrected chi connectivity index (χ4v) is 1.98. The van der Waals surface area contributed by atoms with Gasteiger partial charge in [0.1, 0.15) is 5.54 Å². The predicted octanol–water partition coefficient (Wildman–Crippen LogP) is 1.88. The number of hydrogen-bond donors (Lipinski definition) is 1. The first-order chi connectivity index (χ1) is 7.14. The van der Waals surface area contributed by atoms with Crippen molar-refractivity contribution in [3.8, 4) is 6.07 Å². The summed E-state index contributed by atoms with van der Waals surface area (Å²) in [6.07, 6.45) is 7.48. The van der Waals surface area contributed by atoms with Gasteiger partial charge in [0.2, 0.25) is 0 Å². The van der Waals surface area contributed by atoms with Crippen molar-refractivity contribution in [2.75, 3.05) is 19.6 Å². The van der Waals surface area contributed by atoms with Crippen molar-refractivity contribution in [2.45, 2.75) is 51.0 Å². The van der Waals surface area contributed by atoms with Gasteiger partial charge in [-0.15, -0.1) is 0 Å². The Morgan fingerprint density at radius 1 is 1.20 bits per heavy atom. The Morgan fingerprint density at radius 2 is 1.73 bits per heavy atom. The number of rotatable bonds is 3. The van der Waals surface area contributed by atoms with Gasteiger partial charge < -0.3 is 10.6 Å². The highest BCUT2D eigenvalue weighted by Gasteiger charge is 2.18. The Labute approximate surface area is 93.2 Å². The van der Waals surface area contributed by atoms with E-state index in [1.165, 1.54) is 45.2 Å². The summed E-state index contributed by atoms with van der Waals surface area (Å²) in [5, 5.41) is 8.83. The molecule has 86 valence electrons. The van der Waals surface area contributed by atoms with E-state index in [2.05, 4.69) is 11.0 Å². The molecular formula is C12H23N3. The van der Waals surface area contributed by atoms with E-state index in [0.717, 1.165) is 13.0 Å². The van der Waals surface area contributed by atoms with Gasteiger partial charge in [-0.3, -0.25) is 0 Å². The minimum atomic E-state index is -0.650. The summed E-state index contributed by atoms with van der Waals surface area (Å²) in [7, 11) is 0. The number of nitrogens with zero attached hydrogens (tertiary/aromatic N) is 2. The topological polar surface area (TPSA) is 53.1 Å². The van der Waals surface area contributed by atoms with Crippen molar-refractivity contribution in [3.63, 3.8) is 0 Å². The molecule has 3 nitrogen and oxygen atoms in total. The zero-order valence-electron chi connectivity index (χ0n) is 9.84. The van der Waals surface area contributed by atoms with E-state index in [9.17, 15) is 0 Å². The Bertz CT molecular complexity index is 209. The summed E-state index contributed by atoms with van der Waals surface area (Å²) in [4.78, 5) is 2.46. The van der Waals surface area contributed by atoms with Gasteiger partial charge in [-0.25, -0.2) is 0 Å². The molecule has 1 aliphatic heterocycles. The normalized spacial score (nSPS) is 23.5. The van der Waals surface area contributed by atoms with Crippen LogP contribution >= 0.6 is 0 Å². The van der Waals surface area contributed by atoms with E-state index in [-0.39, 0.29) is 0 Å². The van der Waals surface area contributed by atoms with Crippen molar-refractivity contribution in [1.82, 2.24) is 4.90 Å². The van der Waals surface area contributed by atoms with Crippen LogP contribution in [0.5, 0.6) is 0 Å². The molecule has 1 unspecified atom stereocenters. The SMILES string of the molecule is CC(N)(C#N)CCN1CCCCCCC1. The second-order valence-corrected chi connectivity index (χ2v) is 4.89. The third-order valence-electron chi connectivity index (χ3n) is 3.15. The molecule has 1 heterocycles. The van der Waals surface area contributed by atoms with Crippen LogP contribution in [0.25, 0.3) is 0 Å². The molecule has 0 aromatic heterocycles. The quantitative estimate of drug-likeness (QED) is 0.772. The lowest BCUT2D eigenvalue weighted by Crippen LogP contribution is -2.39. The van der Waals surface area contributed by atoms with Crippen molar-refractivity contribution in [2.24, 2.45) is 5.73 Å². The molecular weight excluding hydrogens is 186 g/mol. The number of likely N-dealkylation sites (tertiary alicyclic amines) is 1. The van der Waals surface area contributed by atoms with Gasteiger partial charge in [-0.2, -0.15) is 5.26 Å². The Balaban J connectivity index is 2.27. The van der Waals surface area contributed by atoms with Crippen molar-refractivity contribution in [1.29, 1.82) is 5.26 Å². The van der Waals surface area contributed by atoms with E-state index < -0.39 is 5.54 Å². The molecule has 15 heavy (non-hydrogen) atoms. The summed E-state index contributed by atoms with van der Waals surface area (Å²) >= 11 is 0. The summed E-state index contributed by atoms with van der Waals surface area (Å²) in [6.45, 7) is 5.15. The average Bonchev–Trinajstić information content (AvgIpc) is 2.16. The monoisotopic (exact) mass is 209 g/mol. The maximum Gasteiger partial charge on any atom is 0.102 e. The van der Waals surface area contributed by atoms with Crippen LogP contribution in [0.2, 0.25) is 0 Å². The van der Waals surface area contributed by atoms with Crippen LogP contribution in [0.3, 0.4) is 0 Å². The molecule has 0 radical (unpaired) electrons. The molecule has 0 aromatic carbocycles. The van der Waals surface area contributed by atoms with E-state index in [4.69, 9.17) is 11.0 Å². The number of hydrogen-bond acceptors (Lipinski definition) is 3. The predicted molar refractivity (Wildman–Crippen MR) is 62.3 cm³/mol. The Kier molecular flexibility index (Phi) is 5.07. The fourth-order valence-electron chi connectivity index (χ4n) is 1.98. The molecule has 1 fully saturated rings. The molecule has 1 saturated heterocycles. The molecule has 2 N–H and O–H groups in total. The van der Waals surface area contributed by atoms with Crippen molar-refractivity contribution < 1.29 is 0 Å². The molecule has 0 spiro atoms. The largest absolute Gasteiger partial charge is 0.314 e. The molecule has 1 rings (SSSR count). The zero-order valence-corrected chi connectivity index (χ0v) is 9.84. The Morgan fingerprint density at radius 3 is 2.27 bits per heavy atom. The molecule has 0 amide bonds. The first kappa shape index (κ1) is 12.5. The summed E-state index contributed by atoms with van der Waals surface area (Å²) in [5.41, 5.74) is 5.16. The van der Waals surface area contributed by atoms with E-state index in [1.54, 1.807) is 0 Å². The maximum absolute atomic E-state index is 8.83. The first-order valence-corrected chi connectivity index (χ1v) is 6.06. The van der Waals surface area contributed by atoms with Crippen LogP contribution in [-0.4, -0.2) is 30.1 Å². The molecule has 1 atom stereocenters. The number of nitriles is 1. The second kappa shape index (κ2) is 6.09. The lowest BCUT2D eigenvalue weighted by atomic mass is 10.0. The van der Waals surface area contributed by atoms with Crippen LogP contribution in [0, 0.1) is 11.3 Å². The number of nitrogens with two attached hydrogens (primary N) is 1. The standard InChI is InChI=1S/C12H23N3/c1-12(14,11-13)7-10-15-8-5-3-2-4-6-9-15/h2-10,14H2,1H3. The van der Waals surface area contributed by atoms with Crippen molar-refractivity contribution in [3.05, 3.63) is 0 Å². The summed E-state index contributed by atoms with van der Waals surface area (Å²) < 4.78 is 0. The van der Waals surface area contributed by atoms with Crippen LogP contribution in [0.1, 0.15) is 45.4 Å². The maximum atomic E-state index is 8.83. The lowest BCUT2D eigenvalue weighted by molar-refractivity contribution is 0.233. The van der Waals surface area contributed by atoms with E-state index >= 15 is 0 Å². The highest BCUT2D eigenvalue weighted by Crippen LogP contribution is 2.12. The van der Waals surface area contributed by atoms with E-state index in [0.29, 0.717) is 0 Å². The molecule has 0 saturated carbocycles. The molecule has 0 aromatic rings. The lowest BCUT2D eigenvalue weighted by Gasteiger charge is -2.26.